The van der Waals surface area contributed by atoms with Crippen molar-refractivity contribution in [1.82, 2.24) is 0 Å². The van der Waals surface area contributed by atoms with E-state index in [0.29, 0.717) is 11.1 Å². The van der Waals surface area contributed by atoms with Gasteiger partial charge in [0.15, 0.2) is 11.6 Å². The molecule has 0 aromatic heterocycles. The van der Waals surface area contributed by atoms with E-state index in [4.69, 9.17) is 0 Å². The molecule has 0 bridgehead atoms. The Balaban J connectivity index is 2.14. The third-order valence-electron chi connectivity index (χ3n) is 3.72. The van der Waals surface area contributed by atoms with Crippen molar-refractivity contribution in [2.75, 3.05) is 0 Å². The van der Waals surface area contributed by atoms with Gasteiger partial charge in [0, 0.05) is 11.1 Å². The van der Waals surface area contributed by atoms with Gasteiger partial charge in [-0.1, -0.05) is 48.0 Å². The first-order chi connectivity index (χ1) is 9.09. The number of Topliss-reactive ketones (excluding diaryl/α,β-unsaturated/α-hetero) is 2. The van der Waals surface area contributed by atoms with E-state index in [0.717, 1.165) is 16.7 Å². The normalized spacial score (nSPS) is 14.8. The third-order valence-corrected chi connectivity index (χ3v) is 3.72. The molecule has 0 atom stereocenters. The van der Waals surface area contributed by atoms with Crippen LogP contribution in [0.25, 0.3) is 0 Å². The van der Waals surface area contributed by atoms with Crippen molar-refractivity contribution in [3.05, 3.63) is 70.3 Å². The van der Waals surface area contributed by atoms with Gasteiger partial charge in [-0.25, -0.2) is 0 Å². The molecule has 0 unspecified atom stereocenters. The molecule has 94 valence electrons. The van der Waals surface area contributed by atoms with Gasteiger partial charge < -0.3 is 0 Å². The monoisotopic (exact) mass is 250 g/mol. The number of rotatable bonds is 1. The topological polar surface area (TPSA) is 34.1 Å². The smallest absolute Gasteiger partial charge is 0.178 e. The fourth-order valence-electron chi connectivity index (χ4n) is 2.77. The molecule has 2 nitrogen and oxygen atoms in total. The molecule has 0 fully saturated rings. The Morgan fingerprint density at radius 2 is 1.42 bits per heavy atom. The van der Waals surface area contributed by atoms with Crippen LogP contribution >= 0.6 is 0 Å². The van der Waals surface area contributed by atoms with Crippen molar-refractivity contribution in [3.8, 4) is 0 Å². The van der Waals surface area contributed by atoms with Crippen LogP contribution in [-0.4, -0.2) is 11.6 Å². The second-order valence-electron chi connectivity index (χ2n) is 5.07. The van der Waals surface area contributed by atoms with Crippen LogP contribution in [0.4, 0.5) is 0 Å². The van der Waals surface area contributed by atoms with Crippen LogP contribution in [0, 0.1) is 13.8 Å². The molecule has 2 aromatic rings. The second-order valence-corrected chi connectivity index (χ2v) is 5.07. The lowest BCUT2D eigenvalue weighted by Gasteiger charge is -2.11. The fourth-order valence-corrected chi connectivity index (χ4v) is 2.77. The van der Waals surface area contributed by atoms with E-state index in [1.54, 1.807) is 24.3 Å². The zero-order valence-electron chi connectivity index (χ0n) is 10.9. The van der Waals surface area contributed by atoms with Gasteiger partial charge in [-0.05, 0) is 25.0 Å². The molecule has 0 aliphatic heterocycles. The Morgan fingerprint density at radius 1 is 0.842 bits per heavy atom. The second kappa shape index (κ2) is 4.16. The Bertz CT molecular complexity index is 663. The molecule has 0 N–H and O–H groups in total. The van der Waals surface area contributed by atoms with Crippen LogP contribution in [0.15, 0.2) is 42.5 Å². The highest BCUT2D eigenvalue weighted by atomic mass is 16.2. The summed E-state index contributed by atoms with van der Waals surface area (Å²) in [4.78, 5) is 24.8. The standard InChI is InChI=1S/C17H14O2/c1-10-7-8-12(11(2)9-10)15-16(18)13-5-3-4-6-14(13)17(15)19/h3-9,15H,1-2H3. The average Bonchev–Trinajstić information content (AvgIpc) is 2.64. The van der Waals surface area contributed by atoms with Crippen LogP contribution in [0.2, 0.25) is 0 Å². The van der Waals surface area contributed by atoms with Crippen molar-refractivity contribution in [2.24, 2.45) is 0 Å². The number of ketones is 2. The lowest BCUT2D eigenvalue weighted by molar-refractivity contribution is 0.0889. The molecule has 2 heteroatoms. The number of carbonyl (C=O) groups excluding carboxylic acids is 2. The fraction of sp³-hybridized carbons (Fsp3) is 0.176. The quantitative estimate of drug-likeness (QED) is 0.726. The maximum absolute atomic E-state index is 12.4. The van der Waals surface area contributed by atoms with E-state index in [2.05, 4.69) is 0 Å². The van der Waals surface area contributed by atoms with Crippen molar-refractivity contribution in [3.63, 3.8) is 0 Å². The number of benzene rings is 2. The van der Waals surface area contributed by atoms with Gasteiger partial charge in [-0.2, -0.15) is 0 Å². The highest BCUT2D eigenvalue weighted by Gasteiger charge is 2.39. The van der Waals surface area contributed by atoms with E-state index >= 15 is 0 Å². The van der Waals surface area contributed by atoms with E-state index < -0.39 is 5.92 Å². The summed E-state index contributed by atoms with van der Waals surface area (Å²) in [5.74, 6) is -0.807. The molecule has 0 spiro atoms. The summed E-state index contributed by atoms with van der Waals surface area (Å²) in [6, 6.07) is 12.9. The Hall–Kier alpha value is -2.22. The van der Waals surface area contributed by atoms with Gasteiger partial charge in [0.25, 0.3) is 0 Å². The van der Waals surface area contributed by atoms with Crippen LogP contribution in [0.3, 0.4) is 0 Å². The molecular formula is C17H14O2. The lowest BCUT2D eigenvalue weighted by atomic mass is 9.90. The number of aryl methyl sites for hydroxylation is 2. The first-order valence-corrected chi connectivity index (χ1v) is 6.34. The van der Waals surface area contributed by atoms with Gasteiger partial charge in [0.05, 0.1) is 0 Å². The summed E-state index contributed by atoms with van der Waals surface area (Å²) >= 11 is 0. The predicted octanol–water partition coefficient (Wildman–Crippen LogP) is 3.47. The molecule has 0 saturated carbocycles. The first-order valence-electron chi connectivity index (χ1n) is 6.34. The molecule has 0 radical (unpaired) electrons. The molecule has 1 aliphatic carbocycles. The first kappa shape index (κ1) is 11.8. The molecule has 2 aromatic carbocycles. The number of hydrogen-bond donors (Lipinski definition) is 0. The van der Waals surface area contributed by atoms with Gasteiger partial charge in [-0.15, -0.1) is 0 Å². The van der Waals surface area contributed by atoms with E-state index in [-0.39, 0.29) is 11.6 Å². The van der Waals surface area contributed by atoms with E-state index in [1.165, 1.54) is 0 Å². The molecule has 19 heavy (non-hydrogen) atoms. The van der Waals surface area contributed by atoms with Gasteiger partial charge in [0.1, 0.15) is 5.92 Å². The van der Waals surface area contributed by atoms with Gasteiger partial charge >= 0.3 is 0 Å². The lowest BCUT2D eigenvalue weighted by Crippen LogP contribution is -2.14. The highest BCUT2D eigenvalue weighted by Crippen LogP contribution is 2.35. The number of carbonyl (C=O) groups is 2. The van der Waals surface area contributed by atoms with Gasteiger partial charge in [0.2, 0.25) is 0 Å². The molecule has 0 saturated heterocycles. The summed E-state index contributed by atoms with van der Waals surface area (Å²) in [5.41, 5.74) is 4.07. The number of hydrogen-bond acceptors (Lipinski definition) is 2. The van der Waals surface area contributed by atoms with E-state index in [9.17, 15) is 9.59 Å². The minimum Gasteiger partial charge on any atom is -0.293 e. The maximum Gasteiger partial charge on any atom is 0.178 e. The van der Waals surface area contributed by atoms with E-state index in [1.807, 2.05) is 32.0 Å². The molecular weight excluding hydrogens is 236 g/mol. The minimum absolute atomic E-state index is 0.0763. The van der Waals surface area contributed by atoms with Crippen molar-refractivity contribution in [2.45, 2.75) is 19.8 Å². The summed E-state index contributed by atoms with van der Waals surface area (Å²) in [6.45, 7) is 3.95. The third kappa shape index (κ3) is 1.72. The maximum atomic E-state index is 12.4. The summed E-state index contributed by atoms with van der Waals surface area (Å²) < 4.78 is 0. The summed E-state index contributed by atoms with van der Waals surface area (Å²) in [7, 11) is 0. The van der Waals surface area contributed by atoms with Crippen molar-refractivity contribution >= 4 is 11.6 Å². The Labute approximate surface area is 112 Å². The van der Waals surface area contributed by atoms with Crippen LogP contribution in [-0.2, 0) is 0 Å². The van der Waals surface area contributed by atoms with Crippen LogP contribution in [0.1, 0.15) is 43.3 Å². The Morgan fingerprint density at radius 3 is 1.95 bits per heavy atom. The van der Waals surface area contributed by atoms with Crippen molar-refractivity contribution < 1.29 is 9.59 Å². The largest absolute Gasteiger partial charge is 0.293 e. The number of fused-ring (bicyclic) bond motifs is 1. The minimum atomic E-state index is -0.655. The summed E-state index contributed by atoms with van der Waals surface area (Å²) in [5, 5.41) is 0. The molecule has 0 heterocycles. The van der Waals surface area contributed by atoms with Crippen LogP contribution in [0.5, 0.6) is 0 Å². The molecule has 3 rings (SSSR count). The molecule has 0 amide bonds. The zero-order valence-corrected chi connectivity index (χ0v) is 10.9. The summed E-state index contributed by atoms with van der Waals surface area (Å²) in [6.07, 6.45) is 0. The van der Waals surface area contributed by atoms with Gasteiger partial charge in [-0.3, -0.25) is 9.59 Å². The van der Waals surface area contributed by atoms with Crippen molar-refractivity contribution in [1.29, 1.82) is 0 Å². The van der Waals surface area contributed by atoms with Crippen LogP contribution < -0.4 is 0 Å². The predicted molar refractivity (Wildman–Crippen MR) is 73.8 cm³/mol. The highest BCUT2D eigenvalue weighted by molar-refractivity contribution is 6.29. The average molecular weight is 250 g/mol. The Kier molecular flexibility index (Phi) is 2.59. The zero-order chi connectivity index (χ0) is 13.6. The SMILES string of the molecule is Cc1ccc(C2C(=O)c3ccccc3C2=O)c(C)c1. The molecule has 1 aliphatic rings.